The van der Waals surface area contributed by atoms with Gasteiger partial charge >= 0.3 is 0 Å². The number of rotatable bonds is 3. The largest absolute Gasteiger partial charge is 0.0740 e. The molecule has 0 bridgehead atoms. The fourth-order valence-electron chi connectivity index (χ4n) is 5.97. The third-order valence-corrected chi connectivity index (χ3v) is 8.24. The van der Waals surface area contributed by atoms with E-state index in [2.05, 4.69) is 124 Å². The van der Waals surface area contributed by atoms with Crippen LogP contribution in [0, 0.1) is 12.8 Å². The molecule has 0 saturated heterocycles. The second-order valence-electron chi connectivity index (χ2n) is 9.74. The quantitative estimate of drug-likeness (QED) is 0.433. The summed E-state index contributed by atoms with van der Waals surface area (Å²) >= 11 is 0. The Morgan fingerprint density at radius 1 is 0.848 bits per heavy atom. The Bertz CT molecular complexity index is 1310. The minimum atomic E-state index is 0.275. The van der Waals surface area contributed by atoms with Crippen LogP contribution >= 0.6 is 0 Å². The average molecular weight is 444 g/mol. The topological polar surface area (TPSA) is 0 Å². The monoisotopic (exact) mass is 443 g/mol. The minimum absolute atomic E-state index is 0.275. The molecule has 2 aromatic rings. The SMILES string of the molecule is CC1=CC(C)C(c2c(C3C(C)=CC4=C3C=CC=CC4c3ccccc3)ccc([Si])c2C)=C1C. The van der Waals surface area contributed by atoms with Crippen molar-refractivity contribution in [3.63, 3.8) is 0 Å². The first kappa shape index (κ1) is 21.9. The van der Waals surface area contributed by atoms with Gasteiger partial charge in [-0.2, -0.15) is 0 Å². The zero-order chi connectivity index (χ0) is 23.3. The Hall–Kier alpha value is -2.90. The predicted molar refractivity (Wildman–Crippen MR) is 143 cm³/mol. The Kier molecular flexibility index (Phi) is 5.62. The van der Waals surface area contributed by atoms with Crippen molar-refractivity contribution in [3.05, 3.63) is 129 Å². The molecule has 0 N–H and O–H groups in total. The van der Waals surface area contributed by atoms with Crippen molar-refractivity contribution in [3.8, 4) is 0 Å². The van der Waals surface area contributed by atoms with E-state index in [1.54, 1.807) is 0 Å². The number of hydrogen-bond acceptors (Lipinski definition) is 0. The molecular formula is C32H31Si. The second-order valence-corrected chi connectivity index (χ2v) is 10.3. The molecule has 0 aromatic heterocycles. The van der Waals surface area contributed by atoms with Gasteiger partial charge in [-0.3, -0.25) is 0 Å². The van der Waals surface area contributed by atoms with Gasteiger partial charge in [0.25, 0.3) is 0 Å². The van der Waals surface area contributed by atoms with Crippen molar-refractivity contribution in [1.29, 1.82) is 0 Å². The third-order valence-electron chi connectivity index (χ3n) is 7.70. The van der Waals surface area contributed by atoms with Gasteiger partial charge in [0.1, 0.15) is 0 Å². The Labute approximate surface area is 202 Å². The van der Waals surface area contributed by atoms with Crippen molar-refractivity contribution in [2.75, 3.05) is 0 Å². The number of allylic oxidation sites excluding steroid dienone is 12. The normalized spacial score (nSPS) is 24.2. The molecule has 3 aliphatic rings. The molecule has 0 spiro atoms. The van der Waals surface area contributed by atoms with Crippen molar-refractivity contribution in [2.45, 2.75) is 46.5 Å². The molecule has 163 valence electrons. The first-order valence-electron chi connectivity index (χ1n) is 12.0. The van der Waals surface area contributed by atoms with Gasteiger partial charge in [-0.1, -0.05) is 102 Å². The van der Waals surface area contributed by atoms with Gasteiger partial charge in [0.05, 0.1) is 10.2 Å². The predicted octanol–water partition coefficient (Wildman–Crippen LogP) is 7.41. The van der Waals surface area contributed by atoms with E-state index in [4.69, 9.17) is 0 Å². The molecule has 0 nitrogen and oxygen atoms in total. The summed E-state index contributed by atoms with van der Waals surface area (Å²) in [5, 5.41) is 1.18. The van der Waals surface area contributed by atoms with Crippen molar-refractivity contribution < 1.29 is 0 Å². The maximum atomic E-state index is 3.90. The van der Waals surface area contributed by atoms with Crippen LogP contribution in [0.5, 0.6) is 0 Å². The third kappa shape index (κ3) is 3.59. The molecule has 33 heavy (non-hydrogen) atoms. The molecule has 3 radical (unpaired) electrons. The standard InChI is InChI=1S/C32H31Si/c1-19-17-20(2)30(22(19)4)32-23(5)29(33)16-15-27(32)31-21(3)18-28-25(13-9-10-14-26(28)31)24-11-7-6-8-12-24/h6-18,20,25,31H,1-5H3. The Morgan fingerprint density at radius 3 is 2.30 bits per heavy atom. The molecular weight excluding hydrogens is 412 g/mol. The fraction of sp³-hybridized carbons (Fsp3) is 0.250. The number of benzene rings is 2. The molecule has 1 heteroatoms. The van der Waals surface area contributed by atoms with Gasteiger partial charge in [0.15, 0.2) is 0 Å². The summed E-state index contributed by atoms with van der Waals surface area (Å²) in [4.78, 5) is 0. The van der Waals surface area contributed by atoms with E-state index >= 15 is 0 Å². The highest BCUT2D eigenvalue weighted by Crippen LogP contribution is 2.50. The van der Waals surface area contributed by atoms with Crippen molar-refractivity contribution in [2.24, 2.45) is 5.92 Å². The minimum Gasteiger partial charge on any atom is -0.0740 e. The average Bonchev–Trinajstić information content (AvgIpc) is 3.15. The number of hydrogen-bond donors (Lipinski definition) is 0. The fourth-order valence-corrected chi connectivity index (χ4v) is 6.18. The van der Waals surface area contributed by atoms with E-state index in [9.17, 15) is 0 Å². The lowest BCUT2D eigenvalue weighted by Crippen LogP contribution is -2.16. The highest BCUT2D eigenvalue weighted by Gasteiger charge is 2.33. The smallest absolute Gasteiger partial charge is 0.0715 e. The van der Waals surface area contributed by atoms with Crippen LogP contribution in [0.1, 0.15) is 61.8 Å². The van der Waals surface area contributed by atoms with E-state index in [1.165, 1.54) is 60.9 Å². The summed E-state index contributed by atoms with van der Waals surface area (Å²) in [7, 11) is 3.90. The molecule has 0 fully saturated rings. The van der Waals surface area contributed by atoms with Crippen LogP contribution in [-0.4, -0.2) is 10.2 Å². The van der Waals surface area contributed by atoms with Gasteiger partial charge in [0.2, 0.25) is 0 Å². The van der Waals surface area contributed by atoms with Crippen LogP contribution < -0.4 is 5.19 Å². The Morgan fingerprint density at radius 2 is 1.61 bits per heavy atom. The summed E-state index contributed by atoms with van der Waals surface area (Å²) < 4.78 is 0. The lowest BCUT2D eigenvalue weighted by molar-refractivity contribution is 0.924. The summed E-state index contributed by atoms with van der Waals surface area (Å²) in [6.45, 7) is 11.4. The maximum absolute atomic E-state index is 3.90. The van der Waals surface area contributed by atoms with Crippen molar-refractivity contribution >= 4 is 21.0 Å². The van der Waals surface area contributed by atoms with Crippen LogP contribution in [0.15, 0.2) is 107 Å². The van der Waals surface area contributed by atoms with Gasteiger partial charge in [-0.25, -0.2) is 0 Å². The van der Waals surface area contributed by atoms with E-state index in [0.29, 0.717) is 5.92 Å². The Balaban J connectivity index is 1.71. The van der Waals surface area contributed by atoms with Crippen LogP contribution in [0.2, 0.25) is 0 Å². The van der Waals surface area contributed by atoms with Crippen LogP contribution in [0.4, 0.5) is 0 Å². The highest BCUT2D eigenvalue weighted by molar-refractivity contribution is 6.33. The molecule has 0 amide bonds. The first-order valence-corrected chi connectivity index (χ1v) is 12.5. The molecule has 0 aliphatic heterocycles. The molecule has 0 saturated carbocycles. The molecule has 3 atom stereocenters. The summed E-state index contributed by atoms with van der Waals surface area (Å²) in [6.07, 6.45) is 14.0. The highest BCUT2D eigenvalue weighted by atomic mass is 28.1. The maximum Gasteiger partial charge on any atom is 0.0715 e. The van der Waals surface area contributed by atoms with E-state index < -0.39 is 0 Å². The lowest BCUT2D eigenvalue weighted by atomic mass is 9.78. The van der Waals surface area contributed by atoms with Gasteiger partial charge in [-0.05, 0) is 72.2 Å². The molecule has 5 rings (SSSR count). The molecule has 3 aliphatic carbocycles. The van der Waals surface area contributed by atoms with Gasteiger partial charge < -0.3 is 0 Å². The molecule has 3 unspecified atom stereocenters. The zero-order valence-electron chi connectivity index (χ0n) is 20.2. The first-order chi connectivity index (χ1) is 15.9. The van der Waals surface area contributed by atoms with Crippen LogP contribution in [-0.2, 0) is 0 Å². The summed E-state index contributed by atoms with van der Waals surface area (Å²) in [5.41, 5.74) is 14.2. The molecule has 0 heterocycles. The molecule has 2 aromatic carbocycles. The van der Waals surface area contributed by atoms with E-state index in [0.717, 1.165) is 0 Å². The summed E-state index contributed by atoms with van der Waals surface area (Å²) in [5.74, 6) is 0.987. The van der Waals surface area contributed by atoms with Gasteiger partial charge in [0, 0.05) is 17.8 Å². The van der Waals surface area contributed by atoms with E-state index in [-0.39, 0.29) is 11.8 Å². The second kappa shape index (κ2) is 8.46. The zero-order valence-corrected chi connectivity index (χ0v) is 21.2. The van der Waals surface area contributed by atoms with Crippen molar-refractivity contribution in [1.82, 2.24) is 0 Å². The van der Waals surface area contributed by atoms with Crippen LogP contribution in [0.3, 0.4) is 0 Å². The van der Waals surface area contributed by atoms with Crippen LogP contribution in [0.25, 0.3) is 5.57 Å². The van der Waals surface area contributed by atoms with Gasteiger partial charge in [-0.15, -0.1) is 0 Å². The van der Waals surface area contributed by atoms with E-state index in [1.807, 2.05) is 0 Å². The summed E-state index contributed by atoms with van der Waals surface area (Å²) in [6, 6.07) is 15.5. The lowest BCUT2D eigenvalue weighted by Gasteiger charge is -2.26.